The van der Waals surface area contributed by atoms with Crippen molar-refractivity contribution in [1.82, 2.24) is 10.2 Å². The van der Waals surface area contributed by atoms with Crippen LogP contribution in [-0.4, -0.2) is 28.8 Å². The Morgan fingerprint density at radius 1 is 1.00 bits per heavy atom. The summed E-state index contributed by atoms with van der Waals surface area (Å²) in [5.74, 6) is -0.248. The third-order valence-electron chi connectivity index (χ3n) is 4.48. The van der Waals surface area contributed by atoms with E-state index in [1.54, 1.807) is 17.9 Å². The number of halogens is 1. The molecular weight excluding hydrogens is 372 g/mol. The molecule has 1 N–H and O–H groups in total. The molecule has 5 heteroatoms. The molecule has 2 rings (SSSR count). The predicted octanol–water partition coefficient (Wildman–Crippen LogP) is 4.44. The highest BCUT2D eigenvalue weighted by Crippen LogP contribution is 2.17. The fourth-order valence-electron chi connectivity index (χ4n) is 3.27. The smallest absolute Gasteiger partial charge is 0.242 e. The van der Waals surface area contributed by atoms with Crippen LogP contribution in [0.25, 0.3) is 0 Å². The molecule has 2 amide bonds. The van der Waals surface area contributed by atoms with Crippen molar-refractivity contribution in [3.05, 3.63) is 69.7 Å². The van der Waals surface area contributed by atoms with Gasteiger partial charge in [0.2, 0.25) is 11.8 Å². The molecule has 0 saturated heterocycles. The Morgan fingerprint density at radius 3 is 2.21 bits per heavy atom. The molecule has 2 aromatic rings. The number of nitrogens with one attached hydrogen (secondary N) is 1. The van der Waals surface area contributed by atoms with Crippen molar-refractivity contribution in [3.8, 4) is 0 Å². The van der Waals surface area contributed by atoms with E-state index in [1.807, 2.05) is 58.0 Å². The molecular formula is C23H29ClN2O2. The number of hydrogen-bond donors (Lipinski definition) is 1. The van der Waals surface area contributed by atoms with Gasteiger partial charge >= 0.3 is 0 Å². The normalized spacial score (nSPS) is 12.0. The van der Waals surface area contributed by atoms with Gasteiger partial charge in [-0.15, -0.1) is 0 Å². The van der Waals surface area contributed by atoms with Crippen molar-refractivity contribution in [2.75, 3.05) is 0 Å². The van der Waals surface area contributed by atoms with E-state index < -0.39 is 6.04 Å². The third-order valence-corrected chi connectivity index (χ3v) is 4.71. The zero-order valence-electron chi connectivity index (χ0n) is 17.3. The minimum absolute atomic E-state index is 0.0116. The van der Waals surface area contributed by atoms with Gasteiger partial charge in [-0.05, 0) is 57.9 Å². The summed E-state index contributed by atoms with van der Waals surface area (Å²) in [6, 6.07) is 12.9. The summed E-state index contributed by atoms with van der Waals surface area (Å²) in [5, 5.41) is 3.51. The van der Waals surface area contributed by atoms with Crippen LogP contribution < -0.4 is 5.32 Å². The Morgan fingerprint density at radius 2 is 1.64 bits per heavy atom. The van der Waals surface area contributed by atoms with E-state index >= 15 is 0 Å². The lowest BCUT2D eigenvalue weighted by molar-refractivity contribution is -0.140. The van der Waals surface area contributed by atoms with E-state index in [9.17, 15) is 9.59 Å². The van der Waals surface area contributed by atoms with E-state index in [4.69, 9.17) is 11.6 Å². The summed E-state index contributed by atoms with van der Waals surface area (Å²) in [6.45, 7) is 9.94. The quantitative estimate of drug-likeness (QED) is 0.746. The molecule has 0 aliphatic carbocycles. The maximum absolute atomic E-state index is 13.2. The SMILES string of the molecule is Cc1cc(C)cc(CC(=O)N(Cc2cccc(Cl)c2)[C@H](C)C(=O)NC(C)C)c1. The molecule has 0 bridgehead atoms. The van der Waals surface area contributed by atoms with E-state index in [1.165, 1.54) is 0 Å². The van der Waals surface area contributed by atoms with Gasteiger partial charge in [-0.25, -0.2) is 0 Å². The fourth-order valence-corrected chi connectivity index (χ4v) is 3.48. The molecule has 1 atom stereocenters. The molecule has 0 radical (unpaired) electrons. The lowest BCUT2D eigenvalue weighted by Crippen LogP contribution is -2.49. The van der Waals surface area contributed by atoms with E-state index in [0.717, 1.165) is 22.3 Å². The number of amides is 2. The summed E-state index contributed by atoms with van der Waals surface area (Å²) in [7, 11) is 0. The Labute approximate surface area is 172 Å². The predicted molar refractivity (Wildman–Crippen MR) is 114 cm³/mol. The molecule has 0 fully saturated rings. The highest BCUT2D eigenvalue weighted by atomic mass is 35.5. The summed E-state index contributed by atoms with van der Waals surface area (Å²) in [5.41, 5.74) is 4.09. The van der Waals surface area contributed by atoms with Crippen LogP contribution in [0.2, 0.25) is 5.02 Å². The summed E-state index contributed by atoms with van der Waals surface area (Å²) in [6.07, 6.45) is 0.252. The Balaban J connectivity index is 2.27. The van der Waals surface area contributed by atoms with Gasteiger partial charge < -0.3 is 10.2 Å². The number of benzene rings is 2. The molecule has 28 heavy (non-hydrogen) atoms. The van der Waals surface area contributed by atoms with Crippen LogP contribution in [0.1, 0.15) is 43.0 Å². The summed E-state index contributed by atoms with van der Waals surface area (Å²) < 4.78 is 0. The number of carbonyl (C=O) groups excluding carboxylic acids is 2. The minimum Gasteiger partial charge on any atom is -0.352 e. The number of nitrogens with zero attached hydrogens (tertiary/aromatic N) is 1. The zero-order valence-corrected chi connectivity index (χ0v) is 18.0. The average Bonchev–Trinajstić information content (AvgIpc) is 2.57. The lowest BCUT2D eigenvalue weighted by atomic mass is 10.0. The van der Waals surface area contributed by atoms with Crippen LogP contribution in [0, 0.1) is 13.8 Å². The van der Waals surface area contributed by atoms with E-state index in [2.05, 4.69) is 11.4 Å². The van der Waals surface area contributed by atoms with Gasteiger partial charge in [-0.3, -0.25) is 9.59 Å². The van der Waals surface area contributed by atoms with Crippen LogP contribution in [-0.2, 0) is 22.6 Å². The van der Waals surface area contributed by atoms with Crippen molar-refractivity contribution in [2.45, 2.75) is 59.7 Å². The van der Waals surface area contributed by atoms with Crippen LogP contribution in [0.4, 0.5) is 0 Å². The second kappa shape index (κ2) is 9.74. The summed E-state index contributed by atoms with van der Waals surface area (Å²) >= 11 is 6.10. The van der Waals surface area contributed by atoms with Crippen molar-refractivity contribution in [3.63, 3.8) is 0 Å². The molecule has 150 valence electrons. The van der Waals surface area contributed by atoms with Crippen LogP contribution in [0.15, 0.2) is 42.5 Å². The molecule has 0 heterocycles. The van der Waals surface area contributed by atoms with Crippen LogP contribution >= 0.6 is 11.6 Å². The largest absolute Gasteiger partial charge is 0.352 e. The van der Waals surface area contributed by atoms with Gasteiger partial charge in [-0.2, -0.15) is 0 Å². The molecule has 4 nitrogen and oxygen atoms in total. The van der Waals surface area contributed by atoms with E-state index in [0.29, 0.717) is 11.6 Å². The fraction of sp³-hybridized carbons (Fsp3) is 0.391. The van der Waals surface area contributed by atoms with Gasteiger partial charge in [0.1, 0.15) is 6.04 Å². The number of carbonyl (C=O) groups is 2. The summed E-state index contributed by atoms with van der Waals surface area (Å²) in [4.78, 5) is 27.4. The number of rotatable bonds is 7. The molecule has 0 aromatic heterocycles. The lowest BCUT2D eigenvalue weighted by Gasteiger charge is -2.29. The second-order valence-electron chi connectivity index (χ2n) is 7.66. The number of aryl methyl sites for hydroxylation is 2. The van der Waals surface area contributed by atoms with E-state index in [-0.39, 0.29) is 24.3 Å². The van der Waals surface area contributed by atoms with Crippen LogP contribution in [0.5, 0.6) is 0 Å². The van der Waals surface area contributed by atoms with Crippen molar-refractivity contribution < 1.29 is 9.59 Å². The molecule has 0 aliphatic heterocycles. The highest BCUT2D eigenvalue weighted by molar-refractivity contribution is 6.30. The third kappa shape index (κ3) is 6.38. The highest BCUT2D eigenvalue weighted by Gasteiger charge is 2.26. The van der Waals surface area contributed by atoms with Gasteiger partial charge in [0.15, 0.2) is 0 Å². The van der Waals surface area contributed by atoms with Gasteiger partial charge in [0, 0.05) is 17.6 Å². The van der Waals surface area contributed by atoms with Gasteiger partial charge in [0.25, 0.3) is 0 Å². The van der Waals surface area contributed by atoms with Crippen molar-refractivity contribution >= 4 is 23.4 Å². The second-order valence-corrected chi connectivity index (χ2v) is 8.10. The molecule has 0 unspecified atom stereocenters. The first-order valence-electron chi connectivity index (χ1n) is 9.57. The Kier molecular flexibility index (Phi) is 7.64. The van der Waals surface area contributed by atoms with Gasteiger partial charge in [0.05, 0.1) is 6.42 Å². The topological polar surface area (TPSA) is 49.4 Å². The zero-order chi connectivity index (χ0) is 20.8. The maximum atomic E-state index is 13.2. The maximum Gasteiger partial charge on any atom is 0.242 e. The number of hydrogen-bond acceptors (Lipinski definition) is 2. The minimum atomic E-state index is -0.584. The average molecular weight is 401 g/mol. The van der Waals surface area contributed by atoms with Gasteiger partial charge in [-0.1, -0.05) is 53.1 Å². The monoisotopic (exact) mass is 400 g/mol. The molecule has 2 aromatic carbocycles. The first-order valence-corrected chi connectivity index (χ1v) is 9.95. The van der Waals surface area contributed by atoms with Crippen molar-refractivity contribution in [2.24, 2.45) is 0 Å². The molecule has 0 saturated carbocycles. The molecule has 0 spiro atoms. The van der Waals surface area contributed by atoms with Crippen LogP contribution in [0.3, 0.4) is 0 Å². The standard InChI is InChI=1S/C23H29ClN2O2/c1-15(2)25-23(28)18(5)26(14-19-7-6-8-21(24)12-19)22(27)13-20-10-16(3)9-17(4)11-20/h6-12,15,18H,13-14H2,1-5H3,(H,25,28)/t18-/m1/s1. The first-order chi connectivity index (χ1) is 13.2. The van der Waals surface area contributed by atoms with Crippen molar-refractivity contribution in [1.29, 1.82) is 0 Å². The molecule has 0 aliphatic rings. The Bertz CT molecular complexity index is 828. The Hall–Kier alpha value is -2.33. The first kappa shape index (κ1) is 22.0.